The van der Waals surface area contributed by atoms with Gasteiger partial charge in [0.1, 0.15) is 11.2 Å². The number of hydrogen-bond acceptors (Lipinski definition) is 4. The predicted molar refractivity (Wildman–Crippen MR) is 209 cm³/mol. The first-order valence-electron chi connectivity index (χ1n) is 17.1. The molecule has 0 aliphatic rings. The highest BCUT2D eigenvalue weighted by Gasteiger charge is 2.15. The molecule has 8 aromatic carbocycles. The van der Waals surface area contributed by atoms with Crippen molar-refractivity contribution in [2.45, 2.75) is 0 Å². The lowest BCUT2D eigenvalue weighted by Crippen LogP contribution is -2.00. The first-order valence-corrected chi connectivity index (χ1v) is 17.1. The normalized spacial score (nSPS) is 11.5. The van der Waals surface area contributed by atoms with Crippen molar-refractivity contribution in [2.24, 2.45) is 0 Å². The topological polar surface area (TPSA) is 51.8 Å². The van der Waals surface area contributed by atoms with Gasteiger partial charge in [-0.2, -0.15) is 0 Å². The van der Waals surface area contributed by atoms with Crippen LogP contribution in [0, 0.1) is 0 Å². The second-order valence-corrected chi connectivity index (χ2v) is 12.9. The molecule has 0 N–H and O–H groups in total. The molecule has 10 rings (SSSR count). The summed E-state index contributed by atoms with van der Waals surface area (Å²) in [6.07, 6.45) is 0. The Morgan fingerprint density at radius 3 is 1.49 bits per heavy atom. The van der Waals surface area contributed by atoms with Crippen LogP contribution < -0.4 is 0 Å². The molecule has 238 valence electrons. The molecule has 2 aromatic heterocycles. The molecule has 0 unspecified atom stereocenters. The van der Waals surface area contributed by atoms with Gasteiger partial charge >= 0.3 is 0 Å². The third kappa shape index (κ3) is 5.31. The Hall–Kier alpha value is -6.91. The Balaban J connectivity index is 1.07. The maximum absolute atomic E-state index is 6.21. The van der Waals surface area contributed by atoms with E-state index in [0.29, 0.717) is 17.5 Å². The minimum Gasteiger partial charge on any atom is -0.456 e. The zero-order valence-corrected chi connectivity index (χ0v) is 27.5. The van der Waals surface area contributed by atoms with Crippen LogP contribution in [-0.4, -0.2) is 15.0 Å². The van der Waals surface area contributed by atoms with E-state index in [2.05, 4.69) is 158 Å². The van der Waals surface area contributed by atoms with Crippen molar-refractivity contribution in [3.8, 4) is 56.4 Å². The van der Waals surface area contributed by atoms with Crippen LogP contribution in [0.3, 0.4) is 0 Å². The molecule has 0 saturated carbocycles. The van der Waals surface area contributed by atoms with Crippen LogP contribution in [0.4, 0.5) is 0 Å². The Bertz CT molecular complexity index is 2920. The fourth-order valence-corrected chi connectivity index (χ4v) is 7.02. The molecule has 4 nitrogen and oxygen atoms in total. The zero-order chi connectivity index (χ0) is 33.7. The van der Waals surface area contributed by atoms with E-state index in [1.165, 1.54) is 21.7 Å². The summed E-state index contributed by atoms with van der Waals surface area (Å²) in [5.74, 6) is 1.88. The largest absolute Gasteiger partial charge is 0.456 e. The summed E-state index contributed by atoms with van der Waals surface area (Å²) in [5.41, 5.74) is 8.98. The van der Waals surface area contributed by atoms with E-state index in [0.717, 1.165) is 60.7 Å². The lowest BCUT2D eigenvalue weighted by Gasteiger charge is -2.11. The molecule has 0 radical (unpaired) electrons. The zero-order valence-electron chi connectivity index (χ0n) is 27.5. The average molecular weight is 652 g/mol. The van der Waals surface area contributed by atoms with Crippen molar-refractivity contribution in [1.29, 1.82) is 0 Å². The molecule has 4 heteroatoms. The van der Waals surface area contributed by atoms with E-state index in [1.54, 1.807) is 0 Å². The third-order valence-electron chi connectivity index (χ3n) is 9.70. The first-order chi connectivity index (χ1) is 25.2. The Morgan fingerprint density at radius 2 is 0.745 bits per heavy atom. The third-order valence-corrected chi connectivity index (χ3v) is 9.70. The smallest absolute Gasteiger partial charge is 0.164 e. The monoisotopic (exact) mass is 651 g/mol. The van der Waals surface area contributed by atoms with Crippen molar-refractivity contribution in [2.75, 3.05) is 0 Å². The van der Waals surface area contributed by atoms with Gasteiger partial charge in [-0.1, -0.05) is 140 Å². The number of nitrogens with zero attached hydrogens (tertiary/aromatic N) is 3. The van der Waals surface area contributed by atoms with Gasteiger partial charge in [-0.05, 0) is 80.2 Å². The van der Waals surface area contributed by atoms with Gasteiger partial charge < -0.3 is 4.42 Å². The quantitative estimate of drug-likeness (QED) is 0.186. The Morgan fingerprint density at radius 1 is 0.275 bits per heavy atom. The molecule has 0 atom stereocenters. The van der Waals surface area contributed by atoms with Crippen molar-refractivity contribution in [1.82, 2.24) is 15.0 Å². The summed E-state index contributed by atoms with van der Waals surface area (Å²) in [7, 11) is 0. The van der Waals surface area contributed by atoms with Gasteiger partial charge in [0.25, 0.3) is 0 Å². The summed E-state index contributed by atoms with van der Waals surface area (Å²) in [5, 5.41) is 7.00. The van der Waals surface area contributed by atoms with E-state index in [9.17, 15) is 0 Å². The van der Waals surface area contributed by atoms with Crippen LogP contribution in [0.2, 0.25) is 0 Å². The highest BCUT2D eigenvalue weighted by atomic mass is 16.3. The predicted octanol–water partition coefficient (Wildman–Crippen LogP) is 12.4. The van der Waals surface area contributed by atoms with Crippen LogP contribution in [0.25, 0.3) is 99.9 Å². The SMILES string of the molecule is c1cc(-c2ccc3c(c2)oc2ccccc23)cc(-c2nc(-c3ccc(-c4ccc5ccccc5c4)cc3)nc(-c3ccc4ccccc4c3)n2)c1. The van der Waals surface area contributed by atoms with Crippen LogP contribution >= 0.6 is 0 Å². The van der Waals surface area contributed by atoms with Crippen molar-refractivity contribution in [3.63, 3.8) is 0 Å². The second kappa shape index (κ2) is 11.9. The van der Waals surface area contributed by atoms with E-state index < -0.39 is 0 Å². The van der Waals surface area contributed by atoms with E-state index in [1.807, 2.05) is 18.2 Å². The van der Waals surface area contributed by atoms with Gasteiger partial charge in [0.05, 0.1) is 0 Å². The number of furan rings is 1. The summed E-state index contributed by atoms with van der Waals surface area (Å²) in [6.45, 7) is 0. The molecule has 51 heavy (non-hydrogen) atoms. The lowest BCUT2D eigenvalue weighted by molar-refractivity contribution is 0.669. The van der Waals surface area contributed by atoms with Gasteiger partial charge in [0, 0.05) is 27.5 Å². The van der Waals surface area contributed by atoms with E-state index in [4.69, 9.17) is 19.4 Å². The number of hydrogen-bond donors (Lipinski definition) is 0. The van der Waals surface area contributed by atoms with Crippen molar-refractivity contribution >= 4 is 43.5 Å². The number of para-hydroxylation sites is 1. The van der Waals surface area contributed by atoms with Gasteiger partial charge in [-0.15, -0.1) is 0 Å². The van der Waals surface area contributed by atoms with E-state index in [-0.39, 0.29) is 0 Å². The van der Waals surface area contributed by atoms with Gasteiger partial charge in [-0.25, -0.2) is 15.0 Å². The van der Waals surface area contributed by atoms with E-state index >= 15 is 0 Å². The molecule has 10 aromatic rings. The molecule has 0 aliphatic heterocycles. The number of rotatable bonds is 5. The standard InChI is InChI=1S/C47H29N3O/c1-3-10-34-26-37(22-18-30(34)8-1)32-16-20-33(21-17-32)45-48-46(50-47(49-45)40-23-19-31-9-2-4-11-35(31)27-40)39-13-7-12-36(28-39)38-24-25-42-41-14-5-6-15-43(41)51-44(42)29-38/h1-29H. The molecule has 0 fully saturated rings. The van der Waals surface area contributed by atoms with Crippen LogP contribution in [-0.2, 0) is 0 Å². The highest BCUT2D eigenvalue weighted by molar-refractivity contribution is 6.06. The Kier molecular flexibility index (Phi) is 6.78. The summed E-state index contributed by atoms with van der Waals surface area (Å²) in [4.78, 5) is 15.2. The number of fused-ring (bicyclic) bond motifs is 5. The lowest BCUT2D eigenvalue weighted by atomic mass is 10.00. The molecule has 0 saturated heterocycles. The molecule has 2 heterocycles. The fourth-order valence-electron chi connectivity index (χ4n) is 7.02. The fraction of sp³-hybridized carbons (Fsp3) is 0. The summed E-state index contributed by atoms with van der Waals surface area (Å²) in [6, 6.07) is 61.2. The highest BCUT2D eigenvalue weighted by Crippen LogP contribution is 2.34. The maximum atomic E-state index is 6.21. The van der Waals surface area contributed by atoms with Crippen molar-refractivity contribution < 1.29 is 4.42 Å². The van der Waals surface area contributed by atoms with Crippen molar-refractivity contribution in [3.05, 3.63) is 176 Å². The molecular weight excluding hydrogens is 623 g/mol. The molecule has 0 spiro atoms. The number of aromatic nitrogens is 3. The minimum atomic E-state index is 0.619. The average Bonchev–Trinajstić information content (AvgIpc) is 3.58. The van der Waals surface area contributed by atoms with Crippen LogP contribution in [0.5, 0.6) is 0 Å². The molecular formula is C47H29N3O. The number of benzene rings is 8. The Labute approximate surface area is 294 Å². The van der Waals surface area contributed by atoms with Crippen LogP contribution in [0.1, 0.15) is 0 Å². The van der Waals surface area contributed by atoms with Gasteiger partial charge in [0.2, 0.25) is 0 Å². The first kappa shape index (κ1) is 29.0. The van der Waals surface area contributed by atoms with Gasteiger partial charge in [0.15, 0.2) is 17.5 Å². The summed E-state index contributed by atoms with van der Waals surface area (Å²) < 4.78 is 6.21. The maximum Gasteiger partial charge on any atom is 0.164 e. The molecule has 0 aliphatic carbocycles. The van der Waals surface area contributed by atoms with Crippen LogP contribution in [0.15, 0.2) is 180 Å². The minimum absolute atomic E-state index is 0.619. The second-order valence-electron chi connectivity index (χ2n) is 12.9. The molecule has 0 amide bonds. The summed E-state index contributed by atoms with van der Waals surface area (Å²) >= 11 is 0. The molecule has 0 bridgehead atoms. The van der Waals surface area contributed by atoms with Gasteiger partial charge in [-0.3, -0.25) is 0 Å².